The van der Waals surface area contributed by atoms with Gasteiger partial charge in [0, 0.05) is 28.8 Å². The summed E-state index contributed by atoms with van der Waals surface area (Å²) in [6, 6.07) is 9.40. The molecule has 1 heterocycles. The van der Waals surface area contributed by atoms with Crippen molar-refractivity contribution in [3.8, 4) is 0 Å². The number of nitrogens with two attached hydrogens (primary N) is 1. The maximum Gasteiger partial charge on any atom is 0.0379 e. The van der Waals surface area contributed by atoms with Gasteiger partial charge in [0.15, 0.2) is 0 Å². The van der Waals surface area contributed by atoms with Crippen LogP contribution in [-0.4, -0.2) is 18.6 Å². The summed E-state index contributed by atoms with van der Waals surface area (Å²) < 4.78 is 1.14. The van der Waals surface area contributed by atoms with Crippen LogP contribution in [0.5, 0.6) is 0 Å². The van der Waals surface area contributed by atoms with Crippen LogP contribution in [0.25, 0.3) is 0 Å². The van der Waals surface area contributed by atoms with Gasteiger partial charge >= 0.3 is 0 Å². The highest BCUT2D eigenvalue weighted by molar-refractivity contribution is 9.10. The van der Waals surface area contributed by atoms with E-state index in [0.29, 0.717) is 12.1 Å². The molecule has 0 amide bonds. The molecule has 1 aliphatic rings. The number of nitrogens with zero attached hydrogens (tertiary/aromatic N) is 1. The number of anilines is 1. The van der Waals surface area contributed by atoms with Crippen molar-refractivity contribution in [2.24, 2.45) is 5.73 Å². The summed E-state index contributed by atoms with van der Waals surface area (Å²) in [6.07, 6.45) is 2.18. The number of hydrogen-bond donors (Lipinski definition) is 1. The van der Waals surface area contributed by atoms with Crippen LogP contribution in [0.4, 0.5) is 5.69 Å². The minimum absolute atomic E-state index is 0.378. The summed E-state index contributed by atoms with van der Waals surface area (Å²) in [5.74, 6) is 0. The molecule has 3 heteroatoms. The molecule has 2 rings (SSSR count). The van der Waals surface area contributed by atoms with E-state index >= 15 is 0 Å². The smallest absolute Gasteiger partial charge is 0.0379 e. The third-order valence-corrected chi connectivity index (χ3v) is 3.55. The summed E-state index contributed by atoms with van der Waals surface area (Å²) in [5, 5.41) is 0. The Kier molecular flexibility index (Phi) is 3.32. The summed E-state index contributed by atoms with van der Waals surface area (Å²) >= 11 is 3.51. The van der Waals surface area contributed by atoms with Crippen molar-refractivity contribution in [2.75, 3.05) is 11.4 Å². The van der Waals surface area contributed by atoms with Crippen LogP contribution in [0, 0.1) is 0 Å². The zero-order chi connectivity index (χ0) is 10.8. The molecule has 15 heavy (non-hydrogen) atoms. The average molecular weight is 269 g/mol. The van der Waals surface area contributed by atoms with Gasteiger partial charge in [-0.25, -0.2) is 0 Å². The first-order chi connectivity index (χ1) is 7.16. The summed E-state index contributed by atoms with van der Waals surface area (Å²) in [4.78, 5) is 2.44. The lowest BCUT2D eigenvalue weighted by Crippen LogP contribution is -2.45. The van der Waals surface area contributed by atoms with Gasteiger partial charge in [0.1, 0.15) is 0 Å². The molecule has 2 unspecified atom stereocenters. The van der Waals surface area contributed by atoms with Crippen molar-refractivity contribution in [1.29, 1.82) is 0 Å². The molecule has 2 N–H and O–H groups in total. The molecule has 1 saturated heterocycles. The highest BCUT2D eigenvalue weighted by atomic mass is 79.9. The van der Waals surface area contributed by atoms with Gasteiger partial charge in [-0.15, -0.1) is 0 Å². The van der Waals surface area contributed by atoms with E-state index in [0.717, 1.165) is 23.9 Å². The van der Waals surface area contributed by atoms with Gasteiger partial charge in [-0.2, -0.15) is 0 Å². The Morgan fingerprint density at radius 3 is 2.93 bits per heavy atom. The average Bonchev–Trinajstić information content (AvgIpc) is 2.17. The fraction of sp³-hybridized carbons (Fsp3) is 0.500. The molecule has 0 bridgehead atoms. The number of piperidine rings is 1. The topological polar surface area (TPSA) is 29.3 Å². The van der Waals surface area contributed by atoms with Crippen LogP contribution >= 0.6 is 15.9 Å². The zero-order valence-corrected chi connectivity index (χ0v) is 10.6. The normalized spacial score (nSPS) is 26.7. The minimum Gasteiger partial charge on any atom is -0.369 e. The first-order valence-electron chi connectivity index (χ1n) is 5.44. The van der Waals surface area contributed by atoms with Crippen LogP contribution in [0.15, 0.2) is 28.7 Å². The van der Waals surface area contributed by atoms with Crippen LogP contribution < -0.4 is 10.6 Å². The Bertz CT molecular complexity index is 340. The third-order valence-electron chi connectivity index (χ3n) is 3.06. The quantitative estimate of drug-likeness (QED) is 0.849. The van der Waals surface area contributed by atoms with Crippen molar-refractivity contribution in [2.45, 2.75) is 31.8 Å². The molecule has 0 aliphatic carbocycles. The Labute approximate surface area is 99.6 Å². The molecule has 2 nitrogen and oxygen atoms in total. The maximum absolute atomic E-state index is 5.96. The summed E-state index contributed by atoms with van der Waals surface area (Å²) in [6.45, 7) is 3.32. The monoisotopic (exact) mass is 268 g/mol. The SMILES string of the molecule is CC1CC(N)CCN1c1cccc(Br)c1. The van der Waals surface area contributed by atoms with Gasteiger partial charge in [0.2, 0.25) is 0 Å². The van der Waals surface area contributed by atoms with Gasteiger partial charge in [-0.3, -0.25) is 0 Å². The van der Waals surface area contributed by atoms with Gasteiger partial charge in [0.25, 0.3) is 0 Å². The molecular weight excluding hydrogens is 252 g/mol. The molecule has 1 aromatic carbocycles. The second kappa shape index (κ2) is 4.54. The van der Waals surface area contributed by atoms with Gasteiger partial charge in [0.05, 0.1) is 0 Å². The Hall–Kier alpha value is -0.540. The Balaban J connectivity index is 2.17. The number of halogens is 1. The van der Waals surface area contributed by atoms with E-state index in [4.69, 9.17) is 5.73 Å². The molecular formula is C12H17BrN2. The molecule has 1 aromatic rings. The first-order valence-corrected chi connectivity index (χ1v) is 6.24. The molecule has 2 atom stereocenters. The molecule has 1 aliphatic heterocycles. The highest BCUT2D eigenvalue weighted by Gasteiger charge is 2.23. The first kappa shape index (κ1) is 11.0. The second-order valence-corrected chi connectivity index (χ2v) is 5.22. The van der Waals surface area contributed by atoms with Crippen LogP contribution in [0.1, 0.15) is 19.8 Å². The van der Waals surface area contributed by atoms with Crippen LogP contribution in [-0.2, 0) is 0 Å². The Morgan fingerprint density at radius 2 is 2.27 bits per heavy atom. The third kappa shape index (κ3) is 2.52. The molecule has 0 spiro atoms. The van der Waals surface area contributed by atoms with Gasteiger partial charge in [-0.1, -0.05) is 22.0 Å². The molecule has 82 valence electrons. The summed E-state index contributed by atoms with van der Waals surface area (Å²) in [7, 11) is 0. The predicted octanol–water partition coefficient (Wildman–Crippen LogP) is 2.77. The highest BCUT2D eigenvalue weighted by Crippen LogP contribution is 2.26. The van der Waals surface area contributed by atoms with E-state index in [-0.39, 0.29) is 0 Å². The fourth-order valence-corrected chi connectivity index (χ4v) is 2.63. The number of benzene rings is 1. The fourth-order valence-electron chi connectivity index (χ4n) is 2.25. The predicted molar refractivity (Wildman–Crippen MR) is 68.2 cm³/mol. The number of hydrogen-bond acceptors (Lipinski definition) is 2. The molecule has 1 fully saturated rings. The Morgan fingerprint density at radius 1 is 1.47 bits per heavy atom. The summed E-state index contributed by atoms with van der Waals surface area (Å²) in [5.41, 5.74) is 7.25. The van der Waals surface area contributed by atoms with Gasteiger partial charge < -0.3 is 10.6 Å². The largest absolute Gasteiger partial charge is 0.369 e. The lowest BCUT2D eigenvalue weighted by molar-refractivity contribution is 0.430. The van der Waals surface area contributed by atoms with Crippen molar-refractivity contribution >= 4 is 21.6 Å². The van der Waals surface area contributed by atoms with E-state index in [1.807, 2.05) is 0 Å². The lowest BCUT2D eigenvalue weighted by atomic mass is 9.98. The van der Waals surface area contributed by atoms with Crippen LogP contribution in [0.2, 0.25) is 0 Å². The van der Waals surface area contributed by atoms with E-state index in [1.165, 1.54) is 5.69 Å². The zero-order valence-electron chi connectivity index (χ0n) is 8.99. The van der Waals surface area contributed by atoms with Crippen molar-refractivity contribution in [3.63, 3.8) is 0 Å². The second-order valence-electron chi connectivity index (χ2n) is 4.31. The van der Waals surface area contributed by atoms with Crippen LogP contribution in [0.3, 0.4) is 0 Å². The van der Waals surface area contributed by atoms with Crippen molar-refractivity contribution in [3.05, 3.63) is 28.7 Å². The number of rotatable bonds is 1. The van der Waals surface area contributed by atoms with E-state index in [2.05, 4.69) is 52.0 Å². The van der Waals surface area contributed by atoms with E-state index in [9.17, 15) is 0 Å². The minimum atomic E-state index is 0.378. The van der Waals surface area contributed by atoms with E-state index < -0.39 is 0 Å². The molecule has 0 saturated carbocycles. The standard InChI is InChI=1S/C12H17BrN2/c1-9-7-11(14)5-6-15(9)12-4-2-3-10(13)8-12/h2-4,8-9,11H,5-7,14H2,1H3. The van der Waals surface area contributed by atoms with E-state index in [1.54, 1.807) is 0 Å². The molecule has 0 radical (unpaired) electrons. The lowest BCUT2D eigenvalue weighted by Gasteiger charge is -2.38. The van der Waals surface area contributed by atoms with Gasteiger partial charge in [-0.05, 0) is 38.0 Å². The van der Waals surface area contributed by atoms with Crippen molar-refractivity contribution < 1.29 is 0 Å². The maximum atomic E-state index is 5.96. The van der Waals surface area contributed by atoms with Crippen molar-refractivity contribution in [1.82, 2.24) is 0 Å². The molecule has 0 aromatic heterocycles.